The Bertz CT molecular complexity index is 473. The number of rotatable bonds is 9. The number of amides is 2. The standard InChI is InChI=1S/C13H20BrN3O3S.ClH/c1-17(13(19)10-3-4-11(14)21-10)9-12(18)16-6-5-15-7-8-20-2;/h3-4,15H,5-9H2,1-2H3,(H,16,18);1H. The van der Waals surface area contributed by atoms with Crippen molar-refractivity contribution in [3.63, 3.8) is 0 Å². The van der Waals surface area contributed by atoms with Gasteiger partial charge in [-0.1, -0.05) is 0 Å². The summed E-state index contributed by atoms with van der Waals surface area (Å²) < 4.78 is 5.79. The summed E-state index contributed by atoms with van der Waals surface area (Å²) in [6.45, 7) is 2.63. The third-order valence-electron chi connectivity index (χ3n) is 2.62. The van der Waals surface area contributed by atoms with Crippen molar-refractivity contribution in [2.75, 3.05) is 46.9 Å². The number of methoxy groups -OCH3 is 1. The van der Waals surface area contributed by atoms with E-state index in [2.05, 4.69) is 26.6 Å². The maximum atomic E-state index is 12.1. The van der Waals surface area contributed by atoms with Crippen LogP contribution in [-0.4, -0.2) is 63.7 Å². The van der Waals surface area contributed by atoms with Crippen molar-refractivity contribution in [1.29, 1.82) is 0 Å². The minimum atomic E-state index is -0.171. The Balaban J connectivity index is 0.00000441. The van der Waals surface area contributed by atoms with E-state index in [0.717, 1.165) is 10.3 Å². The number of nitrogens with one attached hydrogen (secondary N) is 2. The van der Waals surface area contributed by atoms with Gasteiger partial charge in [0.15, 0.2) is 0 Å². The van der Waals surface area contributed by atoms with Crippen molar-refractivity contribution in [3.05, 3.63) is 20.8 Å². The fourth-order valence-electron chi connectivity index (χ4n) is 1.55. The van der Waals surface area contributed by atoms with Crippen LogP contribution in [0.5, 0.6) is 0 Å². The monoisotopic (exact) mass is 413 g/mol. The Morgan fingerprint density at radius 2 is 2.05 bits per heavy atom. The lowest BCUT2D eigenvalue weighted by molar-refractivity contribution is -0.121. The molecule has 0 atom stereocenters. The third kappa shape index (κ3) is 8.09. The van der Waals surface area contributed by atoms with Crippen LogP contribution in [0.2, 0.25) is 0 Å². The van der Waals surface area contributed by atoms with Crippen LogP contribution in [0.1, 0.15) is 9.67 Å². The number of hydrogen-bond acceptors (Lipinski definition) is 5. The molecule has 0 fully saturated rings. The molecule has 2 amide bonds. The van der Waals surface area contributed by atoms with Crippen molar-refractivity contribution in [2.24, 2.45) is 0 Å². The van der Waals surface area contributed by atoms with Gasteiger partial charge in [0, 0.05) is 33.8 Å². The van der Waals surface area contributed by atoms with Crippen LogP contribution in [0.3, 0.4) is 0 Å². The first-order chi connectivity index (χ1) is 10.0. The number of nitrogens with zero attached hydrogens (tertiary/aromatic N) is 1. The van der Waals surface area contributed by atoms with Crippen LogP contribution in [0, 0.1) is 0 Å². The van der Waals surface area contributed by atoms with Gasteiger partial charge >= 0.3 is 0 Å². The number of ether oxygens (including phenoxy) is 1. The van der Waals surface area contributed by atoms with E-state index in [9.17, 15) is 9.59 Å². The molecule has 1 aromatic rings. The van der Waals surface area contributed by atoms with Gasteiger partial charge in [-0.25, -0.2) is 0 Å². The first-order valence-corrected chi connectivity index (χ1v) is 8.12. The Hall–Kier alpha value is -0.670. The highest BCUT2D eigenvalue weighted by atomic mass is 79.9. The number of halogens is 2. The van der Waals surface area contributed by atoms with Gasteiger partial charge in [0.25, 0.3) is 5.91 Å². The highest BCUT2D eigenvalue weighted by molar-refractivity contribution is 9.11. The summed E-state index contributed by atoms with van der Waals surface area (Å²) in [6.07, 6.45) is 0. The SMILES string of the molecule is COCCNCCNC(=O)CN(C)C(=O)c1ccc(Br)s1.Cl. The second kappa shape index (κ2) is 11.8. The van der Waals surface area contributed by atoms with Gasteiger partial charge in [-0.05, 0) is 28.1 Å². The first-order valence-electron chi connectivity index (χ1n) is 6.51. The lowest BCUT2D eigenvalue weighted by Crippen LogP contribution is -2.40. The van der Waals surface area contributed by atoms with Crippen LogP contribution < -0.4 is 10.6 Å². The minimum absolute atomic E-state index is 0. The summed E-state index contributed by atoms with van der Waals surface area (Å²) in [7, 11) is 3.26. The lowest BCUT2D eigenvalue weighted by atomic mass is 10.4. The topological polar surface area (TPSA) is 70.7 Å². The van der Waals surface area contributed by atoms with Crippen molar-refractivity contribution in [2.45, 2.75) is 0 Å². The Morgan fingerprint density at radius 1 is 1.32 bits per heavy atom. The highest BCUT2D eigenvalue weighted by Crippen LogP contribution is 2.22. The van der Waals surface area contributed by atoms with Gasteiger partial charge in [-0.2, -0.15) is 0 Å². The number of carbonyl (C=O) groups is 2. The zero-order valence-electron chi connectivity index (χ0n) is 12.6. The fraction of sp³-hybridized carbons (Fsp3) is 0.538. The quantitative estimate of drug-likeness (QED) is 0.599. The lowest BCUT2D eigenvalue weighted by Gasteiger charge is -2.16. The summed E-state index contributed by atoms with van der Waals surface area (Å²) in [4.78, 5) is 25.8. The van der Waals surface area contributed by atoms with E-state index in [-0.39, 0.29) is 30.8 Å². The molecule has 0 bridgehead atoms. The molecule has 0 spiro atoms. The average molecular weight is 415 g/mol. The van der Waals surface area contributed by atoms with Gasteiger partial charge < -0.3 is 20.3 Å². The molecular formula is C13H21BrClN3O3S. The van der Waals surface area contributed by atoms with Gasteiger partial charge in [0.1, 0.15) is 0 Å². The van der Waals surface area contributed by atoms with E-state index in [1.807, 2.05) is 6.07 Å². The van der Waals surface area contributed by atoms with E-state index >= 15 is 0 Å². The van der Waals surface area contributed by atoms with Gasteiger partial charge in [-0.15, -0.1) is 23.7 Å². The van der Waals surface area contributed by atoms with E-state index in [4.69, 9.17) is 4.74 Å². The third-order valence-corrected chi connectivity index (χ3v) is 4.23. The molecule has 0 aliphatic carbocycles. The Morgan fingerprint density at radius 3 is 2.64 bits per heavy atom. The molecule has 1 rings (SSSR count). The smallest absolute Gasteiger partial charge is 0.264 e. The zero-order valence-corrected chi connectivity index (χ0v) is 15.8. The molecule has 2 N–H and O–H groups in total. The molecule has 0 aromatic carbocycles. The summed E-state index contributed by atoms with van der Waals surface area (Å²) in [5.41, 5.74) is 0. The molecule has 22 heavy (non-hydrogen) atoms. The van der Waals surface area contributed by atoms with Crippen LogP contribution in [-0.2, 0) is 9.53 Å². The van der Waals surface area contributed by atoms with E-state index in [1.54, 1.807) is 20.2 Å². The van der Waals surface area contributed by atoms with Crippen LogP contribution in [0.15, 0.2) is 15.9 Å². The zero-order chi connectivity index (χ0) is 15.7. The van der Waals surface area contributed by atoms with Gasteiger partial charge in [0.2, 0.25) is 5.91 Å². The van der Waals surface area contributed by atoms with Crippen molar-refractivity contribution in [3.8, 4) is 0 Å². The first kappa shape index (κ1) is 21.3. The van der Waals surface area contributed by atoms with Crippen molar-refractivity contribution in [1.82, 2.24) is 15.5 Å². The van der Waals surface area contributed by atoms with E-state index in [1.165, 1.54) is 16.2 Å². The van der Waals surface area contributed by atoms with Crippen molar-refractivity contribution < 1.29 is 14.3 Å². The number of thiophene rings is 1. The van der Waals surface area contributed by atoms with E-state index in [0.29, 0.717) is 24.6 Å². The van der Waals surface area contributed by atoms with Gasteiger partial charge in [-0.3, -0.25) is 9.59 Å². The molecule has 0 aliphatic rings. The molecule has 0 aliphatic heterocycles. The molecule has 0 unspecified atom stereocenters. The van der Waals surface area contributed by atoms with Crippen LogP contribution in [0.25, 0.3) is 0 Å². The van der Waals surface area contributed by atoms with E-state index < -0.39 is 0 Å². The minimum Gasteiger partial charge on any atom is -0.383 e. The van der Waals surface area contributed by atoms with Crippen LogP contribution in [0.4, 0.5) is 0 Å². The molecule has 0 saturated carbocycles. The van der Waals surface area contributed by atoms with Gasteiger partial charge in [0.05, 0.1) is 21.8 Å². The average Bonchev–Trinajstić information content (AvgIpc) is 2.88. The predicted octanol–water partition coefficient (Wildman–Crippen LogP) is 1.36. The number of hydrogen-bond donors (Lipinski definition) is 2. The molecule has 0 saturated heterocycles. The molecule has 1 heterocycles. The molecule has 6 nitrogen and oxygen atoms in total. The maximum Gasteiger partial charge on any atom is 0.264 e. The molecular weight excluding hydrogens is 394 g/mol. The summed E-state index contributed by atoms with van der Waals surface area (Å²) in [5.74, 6) is -0.325. The number of likely N-dealkylation sites (N-methyl/N-ethyl adjacent to an activating group) is 1. The molecule has 9 heteroatoms. The maximum absolute atomic E-state index is 12.1. The summed E-state index contributed by atoms with van der Waals surface area (Å²) in [6, 6.07) is 3.56. The second-order valence-electron chi connectivity index (χ2n) is 4.36. The molecule has 126 valence electrons. The Labute approximate surface area is 149 Å². The predicted molar refractivity (Wildman–Crippen MR) is 94.0 cm³/mol. The highest BCUT2D eigenvalue weighted by Gasteiger charge is 2.16. The second-order valence-corrected chi connectivity index (χ2v) is 6.82. The molecule has 0 radical (unpaired) electrons. The largest absolute Gasteiger partial charge is 0.383 e. The molecule has 1 aromatic heterocycles. The summed E-state index contributed by atoms with van der Waals surface area (Å²) in [5, 5.41) is 5.88. The van der Waals surface area contributed by atoms with Crippen LogP contribution >= 0.6 is 39.7 Å². The fourth-order valence-corrected chi connectivity index (χ4v) is 2.93. The summed E-state index contributed by atoms with van der Waals surface area (Å²) >= 11 is 4.67. The number of carbonyl (C=O) groups excluding carboxylic acids is 2. The Kier molecular flexibility index (Phi) is 11.5. The van der Waals surface area contributed by atoms with Crippen molar-refractivity contribution >= 4 is 51.5 Å². The normalized spacial score (nSPS) is 9.95.